The van der Waals surface area contributed by atoms with Gasteiger partial charge in [-0.1, -0.05) is 23.9 Å². The Bertz CT molecular complexity index is 944. The van der Waals surface area contributed by atoms with Crippen LogP contribution < -0.4 is 10.9 Å². The van der Waals surface area contributed by atoms with Gasteiger partial charge in [0.25, 0.3) is 5.56 Å². The van der Waals surface area contributed by atoms with Crippen molar-refractivity contribution in [1.29, 1.82) is 0 Å². The van der Waals surface area contributed by atoms with Crippen molar-refractivity contribution in [2.75, 3.05) is 0 Å². The molecule has 0 fully saturated rings. The summed E-state index contributed by atoms with van der Waals surface area (Å²) in [5.41, 5.74) is 0.581. The number of fused-ring (bicyclic) bond motifs is 1. The van der Waals surface area contributed by atoms with E-state index < -0.39 is 0 Å². The van der Waals surface area contributed by atoms with Gasteiger partial charge in [0.05, 0.1) is 17.3 Å². The molecule has 0 unspecified atom stereocenters. The Kier molecular flexibility index (Phi) is 5.72. The molecule has 0 bridgehead atoms. The zero-order chi connectivity index (χ0) is 17.8. The Morgan fingerprint density at radius 3 is 3.00 bits per heavy atom. The zero-order valence-corrected chi connectivity index (χ0v) is 16.0. The number of thiophene rings is 2. The Morgan fingerprint density at radius 1 is 1.44 bits per heavy atom. The first-order valence-electron chi connectivity index (χ1n) is 7.66. The van der Waals surface area contributed by atoms with Gasteiger partial charge < -0.3 is 5.32 Å². The molecule has 8 heteroatoms. The third-order valence-corrected chi connectivity index (χ3v) is 6.37. The Morgan fingerprint density at radius 2 is 2.28 bits per heavy atom. The smallest absolute Gasteiger partial charge is 0.272 e. The van der Waals surface area contributed by atoms with Crippen LogP contribution in [0.4, 0.5) is 0 Å². The molecule has 1 N–H and O–H groups in total. The second-order valence-corrected chi connectivity index (χ2v) is 8.55. The Balaban J connectivity index is 1.78. The van der Waals surface area contributed by atoms with Crippen LogP contribution in [0.2, 0.25) is 0 Å². The molecule has 0 radical (unpaired) electrons. The number of carbonyl (C=O) groups excluding carboxylic acids is 1. The molecule has 0 saturated heterocycles. The van der Waals surface area contributed by atoms with E-state index in [-0.39, 0.29) is 16.7 Å². The summed E-state index contributed by atoms with van der Waals surface area (Å²) >= 11 is 4.27. The number of hydrogen-bond acceptors (Lipinski definition) is 6. The molecule has 0 saturated carbocycles. The molecule has 3 aromatic heterocycles. The van der Waals surface area contributed by atoms with Gasteiger partial charge in [-0.25, -0.2) is 4.98 Å². The van der Waals surface area contributed by atoms with Crippen LogP contribution >= 0.6 is 34.4 Å². The monoisotopic (exact) mass is 391 g/mol. The van der Waals surface area contributed by atoms with Crippen molar-refractivity contribution in [3.05, 3.63) is 56.8 Å². The first kappa shape index (κ1) is 17.9. The highest BCUT2D eigenvalue weighted by atomic mass is 32.2. The predicted octanol–water partition coefficient (Wildman–Crippen LogP) is 3.50. The average molecular weight is 392 g/mol. The standard InChI is InChI=1S/C17H17N3O2S3/c1-3-7-20-16(22)14-13(6-9-24-14)19-17(20)25-11(2)15(21)18-10-12-5-4-8-23-12/h3-6,8-9,11H,1,7,10H2,2H3,(H,18,21)/t11-/m1/s1. The fourth-order valence-corrected chi connectivity index (χ4v) is 4.61. The summed E-state index contributed by atoms with van der Waals surface area (Å²) in [5.74, 6) is -0.0804. The summed E-state index contributed by atoms with van der Waals surface area (Å²) < 4.78 is 2.19. The third kappa shape index (κ3) is 4.02. The molecule has 1 atom stereocenters. The molecular weight excluding hydrogens is 374 g/mol. The second kappa shape index (κ2) is 7.99. The number of amides is 1. The molecule has 0 aliphatic carbocycles. The van der Waals surface area contributed by atoms with E-state index in [4.69, 9.17) is 0 Å². The summed E-state index contributed by atoms with van der Waals surface area (Å²) in [6.07, 6.45) is 1.66. The number of aromatic nitrogens is 2. The van der Waals surface area contributed by atoms with Gasteiger partial charge in [-0.3, -0.25) is 14.2 Å². The van der Waals surface area contributed by atoms with Crippen molar-refractivity contribution in [2.24, 2.45) is 0 Å². The topological polar surface area (TPSA) is 64.0 Å². The summed E-state index contributed by atoms with van der Waals surface area (Å²) in [4.78, 5) is 30.6. The lowest BCUT2D eigenvalue weighted by atomic mass is 10.4. The molecule has 0 aromatic carbocycles. The number of nitrogens with one attached hydrogen (secondary N) is 1. The molecule has 3 rings (SSSR count). The van der Waals surface area contributed by atoms with E-state index in [1.54, 1.807) is 22.0 Å². The van der Waals surface area contributed by atoms with Gasteiger partial charge >= 0.3 is 0 Å². The molecule has 1 amide bonds. The van der Waals surface area contributed by atoms with Crippen molar-refractivity contribution in [3.8, 4) is 0 Å². The van der Waals surface area contributed by atoms with Crippen LogP contribution in [-0.2, 0) is 17.9 Å². The molecular formula is C17H17N3O2S3. The van der Waals surface area contributed by atoms with E-state index in [0.717, 1.165) is 4.88 Å². The van der Waals surface area contributed by atoms with Gasteiger partial charge in [0.2, 0.25) is 5.91 Å². The normalized spacial score (nSPS) is 12.2. The maximum Gasteiger partial charge on any atom is 0.272 e. The number of nitrogens with zero attached hydrogens (tertiary/aromatic N) is 2. The van der Waals surface area contributed by atoms with E-state index in [9.17, 15) is 9.59 Å². The van der Waals surface area contributed by atoms with Crippen LogP contribution in [-0.4, -0.2) is 20.7 Å². The Labute approximate surface area is 157 Å². The molecule has 0 aliphatic heterocycles. The molecule has 3 aromatic rings. The van der Waals surface area contributed by atoms with Crippen molar-refractivity contribution >= 4 is 50.6 Å². The third-order valence-electron chi connectivity index (χ3n) is 3.51. The Hall–Kier alpha value is -1.90. The first-order chi connectivity index (χ1) is 12.1. The summed E-state index contributed by atoms with van der Waals surface area (Å²) in [5, 5.41) is 6.93. The van der Waals surface area contributed by atoms with Crippen LogP contribution in [0.1, 0.15) is 11.8 Å². The fraction of sp³-hybridized carbons (Fsp3) is 0.235. The minimum atomic E-state index is -0.362. The minimum Gasteiger partial charge on any atom is -0.350 e. The number of hydrogen-bond donors (Lipinski definition) is 1. The zero-order valence-electron chi connectivity index (χ0n) is 13.6. The number of rotatable bonds is 7. The van der Waals surface area contributed by atoms with Gasteiger partial charge in [-0.05, 0) is 29.8 Å². The van der Waals surface area contributed by atoms with Crippen LogP contribution in [0.3, 0.4) is 0 Å². The van der Waals surface area contributed by atoms with Gasteiger partial charge in [-0.15, -0.1) is 29.3 Å². The van der Waals surface area contributed by atoms with E-state index in [2.05, 4.69) is 16.9 Å². The van der Waals surface area contributed by atoms with Crippen molar-refractivity contribution in [1.82, 2.24) is 14.9 Å². The highest BCUT2D eigenvalue weighted by Gasteiger charge is 2.19. The largest absolute Gasteiger partial charge is 0.350 e. The summed E-state index contributed by atoms with van der Waals surface area (Å²) in [6.45, 7) is 6.40. The van der Waals surface area contributed by atoms with Gasteiger partial charge in [-0.2, -0.15) is 0 Å². The molecule has 5 nitrogen and oxygen atoms in total. The highest BCUT2D eigenvalue weighted by Crippen LogP contribution is 2.24. The lowest BCUT2D eigenvalue weighted by Gasteiger charge is -2.14. The van der Waals surface area contributed by atoms with Gasteiger partial charge in [0.1, 0.15) is 4.70 Å². The van der Waals surface area contributed by atoms with Crippen LogP contribution in [0.25, 0.3) is 10.2 Å². The van der Waals surface area contributed by atoms with Crippen LogP contribution in [0.15, 0.2) is 51.6 Å². The summed E-state index contributed by atoms with van der Waals surface area (Å²) in [7, 11) is 0. The van der Waals surface area contributed by atoms with Crippen molar-refractivity contribution in [2.45, 2.75) is 30.4 Å². The fourth-order valence-electron chi connectivity index (χ4n) is 2.25. The lowest BCUT2D eigenvalue weighted by molar-refractivity contribution is -0.120. The van der Waals surface area contributed by atoms with Crippen LogP contribution in [0.5, 0.6) is 0 Å². The predicted molar refractivity (Wildman–Crippen MR) is 106 cm³/mol. The van der Waals surface area contributed by atoms with Crippen molar-refractivity contribution in [3.63, 3.8) is 0 Å². The van der Waals surface area contributed by atoms with E-state index in [1.807, 2.05) is 35.9 Å². The number of carbonyl (C=O) groups is 1. The lowest BCUT2D eigenvalue weighted by Crippen LogP contribution is -2.31. The minimum absolute atomic E-state index is 0.0804. The molecule has 3 heterocycles. The van der Waals surface area contributed by atoms with E-state index in [1.165, 1.54) is 23.1 Å². The molecule has 130 valence electrons. The van der Waals surface area contributed by atoms with E-state index >= 15 is 0 Å². The quantitative estimate of drug-likeness (QED) is 0.380. The SMILES string of the molecule is C=CCn1c(S[C@H](C)C(=O)NCc2cccs2)nc2ccsc2c1=O. The van der Waals surface area contributed by atoms with Crippen molar-refractivity contribution < 1.29 is 4.79 Å². The molecule has 0 spiro atoms. The first-order valence-corrected chi connectivity index (χ1v) is 10.3. The average Bonchev–Trinajstić information content (AvgIpc) is 3.27. The molecule has 25 heavy (non-hydrogen) atoms. The molecule has 0 aliphatic rings. The maximum atomic E-state index is 12.6. The highest BCUT2D eigenvalue weighted by molar-refractivity contribution is 8.00. The second-order valence-electron chi connectivity index (χ2n) is 5.29. The maximum absolute atomic E-state index is 12.6. The number of thioether (sulfide) groups is 1. The van der Waals surface area contributed by atoms with E-state index in [0.29, 0.717) is 28.5 Å². The van der Waals surface area contributed by atoms with Gasteiger partial charge in [0, 0.05) is 11.4 Å². The summed E-state index contributed by atoms with van der Waals surface area (Å²) in [6, 6.07) is 5.76. The number of allylic oxidation sites excluding steroid dienone is 1. The van der Waals surface area contributed by atoms with Crippen LogP contribution in [0, 0.1) is 0 Å². The van der Waals surface area contributed by atoms with Gasteiger partial charge in [0.15, 0.2) is 5.16 Å².